The molecule has 0 spiro atoms. The number of carbonyl (C=O) groups is 1. The normalized spacial score (nSPS) is 11.2. The van der Waals surface area contributed by atoms with Crippen LogP contribution in [0.4, 0.5) is 0 Å². The fourth-order valence-electron chi connectivity index (χ4n) is 2.61. The minimum atomic E-state index is -0.240. The van der Waals surface area contributed by atoms with E-state index in [0.29, 0.717) is 40.5 Å². The van der Waals surface area contributed by atoms with Crippen molar-refractivity contribution in [3.8, 4) is 11.5 Å². The third-order valence-electron chi connectivity index (χ3n) is 3.89. The Morgan fingerprint density at radius 3 is 2.90 bits per heavy atom. The van der Waals surface area contributed by atoms with Crippen LogP contribution in [0.3, 0.4) is 0 Å². The van der Waals surface area contributed by atoms with Crippen molar-refractivity contribution < 1.29 is 14.3 Å². The van der Waals surface area contributed by atoms with Crippen LogP contribution in [-0.4, -0.2) is 41.1 Å². The standard InChI is InChI=1S/C21H23ClN4O3S/c1-3-9-29-20-15(22)10-14(11-18(20)28-4-2)12-23-26-19(27)13-30-21-24-16-7-5-6-8-17(16)25-21/h5-8,10-12H,3-4,9,13H2,1-2H3,(H,24,25)(H,26,27)/b23-12-. The summed E-state index contributed by atoms with van der Waals surface area (Å²) in [4.78, 5) is 19.7. The molecule has 0 saturated heterocycles. The molecular weight excluding hydrogens is 424 g/mol. The lowest BCUT2D eigenvalue weighted by molar-refractivity contribution is -0.118. The number of thioether (sulfide) groups is 1. The number of fused-ring (bicyclic) bond motifs is 1. The van der Waals surface area contributed by atoms with Crippen LogP contribution < -0.4 is 14.9 Å². The lowest BCUT2D eigenvalue weighted by atomic mass is 10.2. The molecule has 3 rings (SSSR count). The van der Waals surface area contributed by atoms with Gasteiger partial charge in [-0.1, -0.05) is 42.4 Å². The van der Waals surface area contributed by atoms with Crippen LogP contribution in [0.25, 0.3) is 11.0 Å². The average Bonchev–Trinajstić information content (AvgIpc) is 3.15. The van der Waals surface area contributed by atoms with Crippen molar-refractivity contribution in [3.63, 3.8) is 0 Å². The average molecular weight is 447 g/mol. The van der Waals surface area contributed by atoms with Gasteiger partial charge in [-0.2, -0.15) is 5.10 Å². The van der Waals surface area contributed by atoms with E-state index >= 15 is 0 Å². The zero-order valence-electron chi connectivity index (χ0n) is 16.8. The number of aromatic amines is 1. The van der Waals surface area contributed by atoms with Gasteiger partial charge in [0.2, 0.25) is 0 Å². The number of hydrazone groups is 1. The minimum Gasteiger partial charge on any atom is -0.490 e. The number of H-pyrrole nitrogens is 1. The Kier molecular flexibility index (Phi) is 7.98. The minimum absolute atomic E-state index is 0.186. The molecule has 0 aliphatic heterocycles. The lowest BCUT2D eigenvalue weighted by Crippen LogP contribution is -2.19. The number of nitrogens with one attached hydrogen (secondary N) is 2. The molecule has 9 heteroatoms. The van der Waals surface area contributed by atoms with E-state index in [1.54, 1.807) is 12.1 Å². The Morgan fingerprint density at radius 2 is 2.13 bits per heavy atom. The predicted molar refractivity (Wildman–Crippen MR) is 121 cm³/mol. The van der Waals surface area contributed by atoms with Crippen LogP contribution in [0, 0.1) is 0 Å². The maximum absolute atomic E-state index is 12.1. The van der Waals surface area contributed by atoms with Gasteiger partial charge < -0.3 is 14.5 Å². The van der Waals surface area contributed by atoms with Crippen LogP contribution in [0.15, 0.2) is 46.7 Å². The number of aromatic nitrogens is 2. The number of hydrogen-bond donors (Lipinski definition) is 2. The van der Waals surface area contributed by atoms with E-state index in [1.165, 1.54) is 18.0 Å². The molecule has 7 nitrogen and oxygen atoms in total. The summed E-state index contributed by atoms with van der Waals surface area (Å²) >= 11 is 7.64. The highest BCUT2D eigenvalue weighted by atomic mass is 35.5. The first-order valence-electron chi connectivity index (χ1n) is 9.59. The highest BCUT2D eigenvalue weighted by Crippen LogP contribution is 2.36. The zero-order chi connectivity index (χ0) is 21.3. The molecule has 0 bridgehead atoms. The van der Waals surface area contributed by atoms with Gasteiger partial charge >= 0.3 is 0 Å². The number of hydrogen-bond acceptors (Lipinski definition) is 6. The van der Waals surface area contributed by atoms with Crippen LogP contribution in [0.1, 0.15) is 25.8 Å². The molecule has 2 aromatic carbocycles. The molecule has 1 amide bonds. The molecule has 0 unspecified atom stereocenters. The molecular formula is C21H23ClN4O3S. The fourth-order valence-corrected chi connectivity index (χ4v) is 3.56. The van der Waals surface area contributed by atoms with Gasteiger partial charge in [-0.15, -0.1) is 0 Å². The van der Waals surface area contributed by atoms with E-state index in [2.05, 4.69) is 20.5 Å². The molecule has 158 valence electrons. The summed E-state index contributed by atoms with van der Waals surface area (Å²) in [6, 6.07) is 11.2. The smallest absolute Gasteiger partial charge is 0.250 e. The molecule has 0 saturated carbocycles. The van der Waals surface area contributed by atoms with Crippen LogP contribution in [-0.2, 0) is 4.79 Å². The Balaban J connectivity index is 1.57. The van der Waals surface area contributed by atoms with Crippen molar-refractivity contribution in [1.29, 1.82) is 0 Å². The van der Waals surface area contributed by atoms with Crippen molar-refractivity contribution >= 4 is 46.5 Å². The van der Waals surface area contributed by atoms with Gasteiger partial charge in [0.05, 0.1) is 41.2 Å². The lowest BCUT2D eigenvalue weighted by Gasteiger charge is -2.13. The predicted octanol–water partition coefficient (Wildman–Crippen LogP) is 4.65. The molecule has 1 heterocycles. The number of benzene rings is 2. The van der Waals surface area contributed by atoms with Gasteiger partial charge in [-0.3, -0.25) is 4.79 Å². The Morgan fingerprint density at radius 1 is 1.30 bits per heavy atom. The first-order chi connectivity index (χ1) is 14.6. The topological polar surface area (TPSA) is 88.6 Å². The summed E-state index contributed by atoms with van der Waals surface area (Å²) in [7, 11) is 0. The van der Waals surface area contributed by atoms with E-state index in [9.17, 15) is 4.79 Å². The SMILES string of the molecule is CCCOc1c(Cl)cc(/C=N\NC(=O)CSc2nc3ccccc3[nH]2)cc1OCC. The molecule has 0 atom stereocenters. The number of imidazole rings is 1. The molecule has 0 aliphatic carbocycles. The highest BCUT2D eigenvalue weighted by Gasteiger charge is 2.12. The second-order valence-corrected chi connectivity index (χ2v) is 7.62. The maximum atomic E-state index is 12.1. The number of carbonyl (C=O) groups excluding carboxylic acids is 1. The highest BCUT2D eigenvalue weighted by molar-refractivity contribution is 7.99. The second kappa shape index (κ2) is 10.9. The fraction of sp³-hybridized carbons (Fsp3) is 0.286. The van der Waals surface area contributed by atoms with Gasteiger partial charge in [0.1, 0.15) is 0 Å². The third-order valence-corrected chi connectivity index (χ3v) is 5.05. The van der Waals surface area contributed by atoms with Crippen LogP contribution >= 0.6 is 23.4 Å². The summed E-state index contributed by atoms with van der Waals surface area (Å²) in [5.41, 5.74) is 5.00. The summed E-state index contributed by atoms with van der Waals surface area (Å²) in [5.74, 6) is 1.01. The number of para-hydroxylation sites is 2. The van der Waals surface area contributed by atoms with E-state index < -0.39 is 0 Å². The van der Waals surface area contributed by atoms with Crippen LogP contribution in [0.2, 0.25) is 5.02 Å². The van der Waals surface area contributed by atoms with Crippen molar-refractivity contribution in [3.05, 3.63) is 47.0 Å². The summed E-state index contributed by atoms with van der Waals surface area (Å²) in [6.45, 7) is 4.93. The Bertz CT molecular complexity index is 1010. The quantitative estimate of drug-likeness (QED) is 0.269. The first-order valence-corrected chi connectivity index (χ1v) is 11.0. The molecule has 3 aromatic rings. The maximum Gasteiger partial charge on any atom is 0.250 e. The molecule has 30 heavy (non-hydrogen) atoms. The van der Waals surface area contributed by atoms with Gasteiger partial charge in [-0.25, -0.2) is 10.4 Å². The van der Waals surface area contributed by atoms with Gasteiger partial charge in [0, 0.05) is 0 Å². The Hall–Kier alpha value is -2.71. The number of halogens is 1. The van der Waals surface area contributed by atoms with E-state index in [1.807, 2.05) is 38.1 Å². The second-order valence-electron chi connectivity index (χ2n) is 6.25. The molecule has 2 N–H and O–H groups in total. The van der Waals surface area contributed by atoms with E-state index in [4.69, 9.17) is 21.1 Å². The number of rotatable bonds is 10. The number of ether oxygens (including phenoxy) is 2. The first kappa shape index (κ1) is 22.0. The van der Waals surface area contributed by atoms with Crippen LogP contribution in [0.5, 0.6) is 11.5 Å². The Labute approximate surface area is 184 Å². The van der Waals surface area contributed by atoms with Gasteiger partial charge in [-0.05, 0) is 43.2 Å². The van der Waals surface area contributed by atoms with Crippen molar-refractivity contribution in [2.24, 2.45) is 5.10 Å². The monoisotopic (exact) mass is 446 g/mol. The molecule has 0 radical (unpaired) electrons. The van der Waals surface area contributed by atoms with E-state index in [0.717, 1.165) is 17.5 Å². The number of nitrogens with zero attached hydrogens (tertiary/aromatic N) is 2. The third kappa shape index (κ3) is 5.90. The largest absolute Gasteiger partial charge is 0.490 e. The van der Waals surface area contributed by atoms with Crippen molar-refractivity contribution in [2.75, 3.05) is 19.0 Å². The molecule has 1 aromatic heterocycles. The summed E-state index contributed by atoms with van der Waals surface area (Å²) in [6.07, 6.45) is 2.38. The van der Waals surface area contributed by atoms with Crippen molar-refractivity contribution in [1.82, 2.24) is 15.4 Å². The van der Waals surface area contributed by atoms with Crippen molar-refractivity contribution in [2.45, 2.75) is 25.4 Å². The van der Waals surface area contributed by atoms with Gasteiger partial charge in [0.25, 0.3) is 5.91 Å². The van der Waals surface area contributed by atoms with Gasteiger partial charge in [0.15, 0.2) is 16.7 Å². The summed E-state index contributed by atoms with van der Waals surface area (Å²) in [5, 5.41) is 5.13. The number of amides is 1. The molecule has 0 fully saturated rings. The zero-order valence-corrected chi connectivity index (χ0v) is 18.3. The molecule has 0 aliphatic rings. The summed E-state index contributed by atoms with van der Waals surface area (Å²) < 4.78 is 11.3. The van der Waals surface area contributed by atoms with E-state index in [-0.39, 0.29) is 11.7 Å².